The molecule has 1 heterocycles. The van der Waals surface area contributed by atoms with Crippen LogP contribution in [0.5, 0.6) is 0 Å². The van der Waals surface area contributed by atoms with E-state index in [2.05, 4.69) is 21.0 Å². The number of ketones is 1. The predicted octanol–water partition coefficient (Wildman–Crippen LogP) is 3.75. The minimum atomic E-state index is 0.139. The standard InChI is InChI=1S/C15H16BrClN2O/c1-3-13-15(17)14(19(2)18-13)9-12(20)8-10-4-6-11(16)7-5-10/h4-7H,3,8-9H2,1-2H3. The number of nitrogens with zero attached hydrogens (tertiary/aromatic N) is 2. The molecule has 0 radical (unpaired) electrons. The summed E-state index contributed by atoms with van der Waals surface area (Å²) in [6.45, 7) is 2.00. The van der Waals surface area contributed by atoms with E-state index < -0.39 is 0 Å². The van der Waals surface area contributed by atoms with Crippen LogP contribution in [0.3, 0.4) is 0 Å². The van der Waals surface area contributed by atoms with Gasteiger partial charge in [-0.25, -0.2) is 0 Å². The van der Waals surface area contributed by atoms with Gasteiger partial charge in [-0.05, 0) is 24.1 Å². The Balaban J connectivity index is 2.08. The molecule has 0 bridgehead atoms. The van der Waals surface area contributed by atoms with Gasteiger partial charge in [-0.2, -0.15) is 5.10 Å². The van der Waals surface area contributed by atoms with E-state index in [1.165, 1.54) is 0 Å². The van der Waals surface area contributed by atoms with Gasteiger partial charge in [0.2, 0.25) is 0 Å². The summed E-state index contributed by atoms with van der Waals surface area (Å²) in [4.78, 5) is 12.2. The van der Waals surface area contributed by atoms with E-state index in [-0.39, 0.29) is 5.78 Å². The number of carbonyl (C=O) groups is 1. The van der Waals surface area contributed by atoms with E-state index in [1.807, 2.05) is 38.2 Å². The van der Waals surface area contributed by atoms with Crippen molar-refractivity contribution in [2.24, 2.45) is 7.05 Å². The van der Waals surface area contributed by atoms with Gasteiger partial charge in [0.25, 0.3) is 0 Å². The van der Waals surface area contributed by atoms with Crippen LogP contribution < -0.4 is 0 Å². The highest BCUT2D eigenvalue weighted by Gasteiger charge is 2.16. The second-order valence-electron chi connectivity index (χ2n) is 4.70. The van der Waals surface area contributed by atoms with Gasteiger partial charge in [0.05, 0.1) is 22.8 Å². The van der Waals surface area contributed by atoms with Gasteiger partial charge in [-0.15, -0.1) is 0 Å². The zero-order valence-electron chi connectivity index (χ0n) is 11.5. The van der Waals surface area contributed by atoms with E-state index in [0.717, 1.165) is 27.8 Å². The summed E-state index contributed by atoms with van der Waals surface area (Å²) in [7, 11) is 1.83. The number of benzene rings is 1. The molecule has 0 saturated carbocycles. The first kappa shape index (κ1) is 15.3. The van der Waals surface area contributed by atoms with Crippen LogP contribution in [-0.2, 0) is 31.1 Å². The first-order valence-electron chi connectivity index (χ1n) is 6.47. The van der Waals surface area contributed by atoms with Gasteiger partial charge in [-0.1, -0.05) is 46.6 Å². The number of aryl methyl sites for hydroxylation is 2. The molecule has 106 valence electrons. The fourth-order valence-electron chi connectivity index (χ4n) is 2.09. The molecular weight excluding hydrogens is 340 g/mol. The monoisotopic (exact) mass is 354 g/mol. The number of hydrogen-bond donors (Lipinski definition) is 0. The van der Waals surface area contributed by atoms with E-state index in [0.29, 0.717) is 17.9 Å². The maximum absolute atomic E-state index is 12.2. The molecule has 2 rings (SSSR count). The molecule has 0 aliphatic carbocycles. The Morgan fingerprint density at radius 2 is 1.95 bits per heavy atom. The molecule has 0 spiro atoms. The van der Waals surface area contributed by atoms with Crippen LogP contribution >= 0.6 is 27.5 Å². The summed E-state index contributed by atoms with van der Waals surface area (Å²) in [6.07, 6.45) is 1.50. The van der Waals surface area contributed by atoms with Crippen molar-refractivity contribution < 1.29 is 4.79 Å². The van der Waals surface area contributed by atoms with E-state index in [9.17, 15) is 4.79 Å². The molecule has 0 atom stereocenters. The highest BCUT2D eigenvalue weighted by atomic mass is 79.9. The van der Waals surface area contributed by atoms with Crippen molar-refractivity contribution >= 4 is 33.3 Å². The zero-order chi connectivity index (χ0) is 14.7. The summed E-state index contributed by atoms with van der Waals surface area (Å²) >= 11 is 9.64. The third-order valence-corrected chi connectivity index (χ3v) is 4.15. The lowest BCUT2D eigenvalue weighted by Gasteiger charge is -2.03. The molecule has 0 saturated heterocycles. The minimum Gasteiger partial charge on any atom is -0.299 e. The zero-order valence-corrected chi connectivity index (χ0v) is 13.8. The number of aromatic nitrogens is 2. The number of carbonyl (C=O) groups excluding carboxylic acids is 1. The van der Waals surface area contributed by atoms with Crippen LogP contribution in [0.25, 0.3) is 0 Å². The molecule has 0 fully saturated rings. The van der Waals surface area contributed by atoms with Gasteiger partial charge in [0.15, 0.2) is 0 Å². The average molecular weight is 356 g/mol. The second kappa shape index (κ2) is 6.55. The lowest BCUT2D eigenvalue weighted by molar-refractivity contribution is -0.117. The predicted molar refractivity (Wildman–Crippen MR) is 84.2 cm³/mol. The molecule has 20 heavy (non-hydrogen) atoms. The number of rotatable bonds is 5. The van der Waals surface area contributed by atoms with Crippen molar-refractivity contribution in [3.8, 4) is 0 Å². The van der Waals surface area contributed by atoms with E-state index in [4.69, 9.17) is 11.6 Å². The Morgan fingerprint density at radius 3 is 2.50 bits per heavy atom. The van der Waals surface area contributed by atoms with Crippen molar-refractivity contribution in [2.75, 3.05) is 0 Å². The number of halogens is 2. The third-order valence-electron chi connectivity index (χ3n) is 3.18. The van der Waals surface area contributed by atoms with Crippen LogP contribution in [0.1, 0.15) is 23.9 Å². The van der Waals surface area contributed by atoms with Crippen LogP contribution in [0.4, 0.5) is 0 Å². The van der Waals surface area contributed by atoms with Gasteiger partial charge in [0.1, 0.15) is 5.78 Å². The first-order valence-corrected chi connectivity index (χ1v) is 7.64. The summed E-state index contributed by atoms with van der Waals surface area (Å²) in [5, 5.41) is 4.95. The maximum Gasteiger partial charge on any atom is 0.143 e. The Hall–Kier alpha value is -1.13. The topological polar surface area (TPSA) is 34.9 Å². The second-order valence-corrected chi connectivity index (χ2v) is 6.00. The largest absolute Gasteiger partial charge is 0.299 e. The highest BCUT2D eigenvalue weighted by Crippen LogP contribution is 2.22. The van der Waals surface area contributed by atoms with Crippen LogP contribution in [0.15, 0.2) is 28.7 Å². The lowest BCUT2D eigenvalue weighted by Crippen LogP contribution is -2.10. The van der Waals surface area contributed by atoms with Gasteiger partial charge in [-0.3, -0.25) is 9.48 Å². The lowest BCUT2D eigenvalue weighted by atomic mass is 10.1. The van der Waals surface area contributed by atoms with Crippen molar-refractivity contribution in [3.63, 3.8) is 0 Å². The van der Waals surface area contributed by atoms with Crippen molar-refractivity contribution in [2.45, 2.75) is 26.2 Å². The molecule has 1 aromatic carbocycles. The molecule has 1 aromatic heterocycles. The summed E-state index contributed by atoms with van der Waals surface area (Å²) < 4.78 is 2.72. The smallest absolute Gasteiger partial charge is 0.143 e. The van der Waals surface area contributed by atoms with Crippen LogP contribution in [0, 0.1) is 0 Å². The SMILES string of the molecule is CCc1nn(C)c(CC(=O)Cc2ccc(Br)cc2)c1Cl. The van der Waals surface area contributed by atoms with E-state index >= 15 is 0 Å². The Kier molecular flexibility index (Phi) is 5.00. The van der Waals surface area contributed by atoms with Gasteiger partial charge < -0.3 is 0 Å². The van der Waals surface area contributed by atoms with Crippen molar-refractivity contribution in [1.82, 2.24) is 9.78 Å². The van der Waals surface area contributed by atoms with E-state index in [1.54, 1.807) is 4.68 Å². The summed E-state index contributed by atoms with van der Waals surface area (Å²) in [5.41, 5.74) is 2.65. The molecule has 0 N–H and O–H groups in total. The first-order chi connectivity index (χ1) is 9.51. The normalized spacial score (nSPS) is 10.8. The molecular formula is C15H16BrClN2O. The summed E-state index contributed by atoms with van der Waals surface area (Å²) in [6, 6.07) is 7.78. The van der Waals surface area contributed by atoms with Crippen LogP contribution in [0.2, 0.25) is 5.02 Å². The number of Topliss-reactive ketones (excluding diaryl/α,β-unsaturated/α-hetero) is 1. The molecule has 0 aliphatic heterocycles. The Morgan fingerprint density at radius 1 is 1.30 bits per heavy atom. The molecule has 0 aliphatic rings. The van der Waals surface area contributed by atoms with Crippen LogP contribution in [-0.4, -0.2) is 15.6 Å². The van der Waals surface area contributed by atoms with Gasteiger partial charge in [0, 0.05) is 17.9 Å². The average Bonchev–Trinajstić information content (AvgIpc) is 2.69. The molecule has 0 unspecified atom stereocenters. The van der Waals surface area contributed by atoms with Crippen molar-refractivity contribution in [1.29, 1.82) is 0 Å². The number of hydrogen-bond acceptors (Lipinski definition) is 2. The fraction of sp³-hybridized carbons (Fsp3) is 0.333. The molecule has 3 nitrogen and oxygen atoms in total. The molecule has 2 aromatic rings. The minimum absolute atomic E-state index is 0.139. The fourth-order valence-corrected chi connectivity index (χ4v) is 2.72. The quantitative estimate of drug-likeness (QED) is 0.818. The third kappa shape index (κ3) is 3.49. The summed E-state index contributed by atoms with van der Waals surface area (Å²) in [5.74, 6) is 0.139. The highest BCUT2D eigenvalue weighted by molar-refractivity contribution is 9.10. The van der Waals surface area contributed by atoms with Gasteiger partial charge >= 0.3 is 0 Å². The Labute approximate surface area is 132 Å². The maximum atomic E-state index is 12.2. The molecule has 0 amide bonds. The molecule has 5 heteroatoms. The van der Waals surface area contributed by atoms with Crippen molar-refractivity contribution in [3.05, 3.63) is 50.7 Å². The Bertz CT molecular complexity index is 620.